The first-order valence-electron chi connectivity index (χ1n) is 8.57. The molecule has 1 N–H and O–H groups in total. The fraction of sp³-hybridized carbons (Fsp3) is 0.833. The highest BCUT2D eigenvalue weighted by Gasteiger charge is 2.41. The Labute approximate surface area is 134 Å². The molecule has 1 aromatic rings. The van der Waals surface area contributed by atoms with E-state index in [1.54, 1.807) is 0 Å². The minimum absolute atomic E-state index is 0.110. The summed E-state index contributed by atoms with van der Waals surface area (Å²) in [6, 6.07) is 0.502. The molecule has 1 aromatic heterocycles. The molecule has 2 unspecified atom stereocenters. The Hall–Kier alpha value is -0.410. The van der Waals surface area contributed by atoms with Gasteiger partial charge in [-0.15, -0.1) is 11.3 Å². The molecule has 2 atom stereocenters. The molecule has 1 aliphatic carbocycles. The van der Waals surface area contributed by atoms with E-state index in [-0.39, 0.29) is 5.54 Å². The number of hydrogen-bond donors (Lipinski definition) is 1. The third kappa shape index (κ3) is 3.87. The summed E-state index contributed by atoms with van der Waals surface area (Å²) in [5.41, 5.74) is 1.37. The molecular formula is C18H32N2S. The van der Waals surface area contributed by atoms with Crippen LogP contribution in [0.1, 0.15) is 83.8 Å². The van der Waals surface area contributed by atoms with E-state index in [0.717, 1.165) is 11.8 Å². The minimum atomic E-state index is 0.110. The molecule has 1 aliphatic rings. The Morgan fingerprint density at radius 2 is 1.95 bits per heavy atom. The minimum Gasteiger partial charge on any atom is -0.303 e. The van der Waals surface area contributed by atoms with E-state index in [0.29, 0.717) is 12.0 Å². The summed E-state index contributed by atoms with van der Waals surface area (Å²) in [6.07, 6.45) is 5.17. The Balaban J connectivity index is 2.31. The molecule has 2 rings (SSSR count). The van der Waals surface area contributed by atoms with Gasteiger partial charge in [-0.25, -0.2) is 4.98 Å². The standard InChI is InChI=1S/C18H32N2S/c1-12(2)15-8-7-9-18(10-15,20-14(5)6)17-19-16(11-21-17)13(3)4/h11-15,20H,7-10H2,1-6H3. The van der Waals surface area contributed by atoms with Crippen LogP contribution >= 0.6 is 11.3 Å². The van der Waals surface area contributed by atoms with Crippen molar-refractivity contribution < 1.29 is 0 Å². The molecule has 2 nitrogen and oxygen atoms in total. The molecule has 1 heterocycles. The predicted molar refractivity (Wildman–Crippen MR) is 92.9 cm³/mol. The van der Waals surface area contributed by atoms with Gasteiger partial charge in [0.15, 0.2) is 0 Å². The quantitative estimate of drug-likeness (QED) is 0.797. The lowest BCUT2D eigenvalue weighted by molar-refractivity contribution is 0.138. The van der Waals surface area contributed by atoms with Crippen molar-refractivity contribution in [3.8, 4) is 0 Å². The second-order valence-corrected chi connectivity index (χ2v) is 8.57. The molecule has 0 aliphatic heterocycles. The first-order chi connectivity index (χ1) is 9.84. The maximum atomic E-state index is 5.01. The number of nitrogens with zero attached hydrogens (tertiary/aromatic N) is 1. The topological polar surface area (TPSA) is 24.9 Å². The monoisotopic (exact) mass is 308 g/mol. The zero-order valence-electron chi connectivity index (χ0n) is 14.6. The van der Waals surface area contributed by atoms with E-state index in [1.807, 2.05) is 11.3 Å². The number of rotatable bonds is 5. The van der Waals surface area contributed by atoms with Crippen molar-refractivity contribution in [2.45, 2.75) is 84.7 Å². The molecule has 0 radical (unpaired) electrons. The SMILES string of the molecule is CC(C)NC1(c2nc(C(C)C)cs2)CCCC(C(C)C)C1. The average molecular weight is 309 g/mol. The molecule has 0 amide bonds. The van der Waals surface area contributed by atoms with Crippen LogP contribution in [-0.4, -0.2) is 11.0 Å². The van der Waals surface area contributed by atoms with Crippen LogP contribution in [0.5, 0.6) is 0 Å². The van der Waals surface area contributed by atoms with Gasteiger partial charge in [0.1, 0.15) is 5.01 Å². The molecule has 0 aromatic carbocycles. The van der Waals surface area contributed by atoms with Crippen molar-refractivity contribution in [2.24, 2.45) is 11.8 Å². The van der Waals surface area contributed by atoms with Gasteiger partial charge in [-0.05, 0) is 44.4 Å². The summed E-state index contributed by atoms with van der Waals surface area (Å²) in [5.74, 6) is 2.11. The van der Waals surface area contributed by atoms with Crippen LogP contribution < -0.4 is 5.32 Å². The summed E-state index contributed by atoms with van der Waals surface area (Å²) >= 11 is 1.87. The fourth-order valence-corrected chi connectivity index (χ4v) is 4.78. The molecule has 1 saturated carbocycles. The molecule has 21 heavy (non-hydrogen) atoms. The molecule has 120 valence electrons. The first kappa shape index (κ1) is 17.0. The number of hydrogen-bond acceptors (Lipinski definition) is 3. The second-order valence-electron chi connectivity index (χ2n) is 7.71. The predicted octanol–water partition coefficient (Wildman–Crippen LogP) is 5.31. The van der Waals surface area contributed by atoms with Crippen LogP contribution in [0.15, 0.2) is 5.38 Å². The Morgan fingerprint density at radius 3 is 2.48 bits per heavy atom. The highest BCUT2D eigenvalue weighted by atomic mass is 32.1. The zero-order chi connectivity index (χ0) is 15.6. The van der Waals surface area contributed by atoms with Crippen LogP contribution in [0.2, 0.25) is 0 Å². The smallest absolute Gasteiger partial charge is 0.113 e. The first-order valence-corrected chi connectivity index (χ1v) is 9.45. The number of nitrogens with one attached hydrogen (secondary N) is 1. The number of thiazole rings is 1. The molecule has 0 bridgehead atoms. The van der Waals surface area contributed by atoms with Crippen molar-refractivity contribution in [3.63, 3.8) is 0 Å². The molecule has 0 saturated heterocycles. The van der Waals surface area contributed by atoms with Crippen LogP contribution in [0.25, 0.3) is 0 Å². The summed E-state index contributed by atoms with van der Waals surface area (Å²) in [7, 11) is 0. The Kier molecular flexibility index (Phi) is 5.48. The zero-order valence-corrected chi connectivity index (χ0v) is 15.4. The second kappa shape index (κ2) is 6.78. The fourth-order valence-electron chi connectivity index (χ4n) is 3.60. The van der Waals surface area contributed by atoms with Gasteiger partial charge in [-0.3, -0.25) is 0 Å². The van der Waals surface area contributed by atoms with E-state index in [9.17, 15) is 0 Å². The van der Waals surface area contributed by atoms with Crippen LogP contribution in [-0.2, 0) is 5.54 Å². The molecular weight excluding hydrogens is 276 g/mol. The van der Waals surface area contributed by atoms with Crippen LogP contribution in [0.3, 0.4) is 0 Å². The normalized spacial score (nSPS) is 27.0. The van der Waals surface area contributed by atoms with Gasteiger partial charge < -0.3 is 5.32 Å². The Morgan fingerprint density at radius 1 is 1.24 bits per heavy atom. The summed E-state index contributed by atoms with van der Waals surface area (Å²) in [6.45, 7) is 13.7. The van der Waals surface area contributed by atoms with Gasteiger partial charge in [-0.1, -0.05) is 40.5 Å². The maximum Gasteiger partial charge on any atom is 0.113 e. The van der Waals surface area contributed by atoms with Gasteiger partial charge in [0.25, 0.3) is 0 Å². The summed E-state index contributed by atoms with van der Waals surface area (Å²) in [4.78, 5) is 5.01. The van der Waals surface area contributed by atoms with Crippen LogP contribution in [0.4, 0.5) is 0 Å². The van der Waals surface area contributed by atoms with Gasteiger partial charge in [0.2, 0.25) is 0 Å². The largest absolute Gasteiger partial charge is 0.303 e. The van der Waals surface area contributed by atoms with Gasteiger partial charge in [0.05, 0.1) is 11.2 Å². The van der Waals surface area contributed by atoms with E-state index in [4.69, 9.17) is 4.98 Å². The van der Waals surface area contributed by atoms with Crippen molar-refractivity contribution in [2.75, 3.05) is 0 Å². The van der Waals surface area contributed by atoms with E-state index in [2.05, 4.69) is 52.2 Å². The highest BCUT2D eigenvalue weighted by molar-refractivity contribution is 7.09. The summed E-state index contributed by atoms with van der Waals surface area (Å²) < 4.78 is 0. The average Bonchev–Trinajstić information content (AvgIpc) is 2.88. The summed E-state index contributed by atoms with van der Waals surface area (Å²) in [5, 5.41) is 7.49. The third-order valence-electron chi connectivity index (χ3n) is 4.82. The van der Waals surface area contributed by atoms with Crippen molar-refractivity contribution in [3.05, 3.63) is 16.1 Å². The van der Waals surface area contributed by atoms with E-state index >= 15 is 0 Å². The van der Waals surface area contributed by atoms with Crippen molar-refractivity contribution in [1.82, 2.24) is 10.3 Å². The lowest BCUT2D eigenvalue weighted by Gasteiger charge is -2.43. The molecule has 1 fully saturated rings. The third-order valence-corrected chi connectivity index (χ3v) is 5.88. The lowest BCUT2D eigenvalue weighted by atomic mass is 9.71. The molecule has 0 spiro atoms. The molecule has 3 heteroatoms. The van der Waals surface area contributed by atoms with Crippen molar-refractivity contribution >= 4 is 11.3 Å². The van der Waals surface area contributed by atoms with Gasteiger partial charge in [-0.2, -0.15) is 0 Å². The van der Waals surface area contributed by atoms with E-state index < -0.39 is 0 Å². The van der Waals surface area contributed by atoms with E-state index in [1.165, 1.54) is 36.4 Å². The highest BCUT2D eigenvalue weighted by Crippen LogP contribution is 2.44. The van der Waals surface area contributed by atoms with Gasteiger partial charge >= 0.3 is 0 Å². The van der Waals surface area contributed by atoms with Crippen LogP contribution in [0, 0.1) is 11.8 Å². The number of aromatic nitrogens is 1. The van der Waals surface area contributed by atoms with Crippen molar-refractivity contribution in [1.29, 1.82) is 0 Å². The lowest BCUT2D eigenvalue weighted by Crippen LogP contribution is -2.49. The maximum absolute atomic E-state index is 5.01. The Bertz CT molecular complexity index is 450. The van der Waals surface area contributed by atoms with Gasteiger partial charge in [0, 0.05) is 11.4 Å².